The van der Waals surface area contributed by atoms with Gasteiger partial charge in [0.15, 0.2) is 0 Å². The van der Waals surface area contributed by atoms with E-state index in [-0.39, 0.29) is 38.9 Å². The van der Waals surface area contributed by atoms with Crippen LogP contribution in [0.4, 0.5) is 27.2 Å². The van der Waals surface area contributed by atoms with Crippen molar-refractivity contribution in [3.8, 4) is 0 Å². The molecular weight excluding hydrogens is 803 g/mol. The predicted molar refractivity (Wildman–Crippen MR) is 203 cm³/mol. The second-order valence-electron chi connectivity index (χ2n) is 16.7. The number of alkyl halides is 3. The minimum absolute atomic E-state index is 0.0210. The first-order valence-electron chi connectivity index (χ1n) is 19.7. The lowest BCUT2D eigenvalue weighted by Crippen LogP contribution is -2.58. The number of alkyl carbamates (subject to hydrolysis) is 1. The molecule has 59 heavy (non-hydrogen) atoms. The fourth-order valence-electron chi connectivity index (χ4n) is 8.14. The highest BCUT2D eigenvalue weighted by Crippen LogP contribution is 2.48. The van der Waals surface area contributed by atoms with Gasteiger partial charge in [0.2, 0.25) is 21.8 Å². The Kier molecular flexibility index (Phi) is 12.5. The summed E-state index contributed by atoms with van der Waals surface area (Å²) in [6.07, 6.45) is -3.98. The number of nitrogens with zero attached hydrogens (tertiary/aromatic N) is 2. The summed E-state index contributed by atoms with van der Waals surface area (Å²) in [7, 11) is -4.73. The number of halogens is 4. The van der Waals surface area contributed by atoms with Crippen LogP contribution in [0.1, 0.15) is 101 Å². The molecule has 322 valence electrons. The largest absolute Gasteiger partial charge is 0.444 e. The highest BCUT2D eigenvalue weighted by atomic mass is 32.2. The number of sulfonamides is 1. The third-order valence-electron chi connectivity index (χ3n) is 11.1. The Morgan fingerprint density at radius 3 is 2.34 bits per heavy atom. The number of benzene rings is 2. The number of nitrogens with one attached hydrogen (secondary N) is 3. The Bertz CT molecular complexity index is 2080. The maximum absolute atomic E-state index is 14.5. The van der Waals surface area contributed by atoms with Gasteiger partial charge in [-0.2, -0.15) is 13.2 Å². The number of ether oxygens (including phenoxy) is 2. The van der Waals surface area contributed by atoms with Crippen molar-refractivity contribution in [2.45, 2.75) is 133 Å². The molecule has 3 N–H and O–H groups in total. The molecule has 2 saturated heterocycles. The highest BCUT2D eigenvalue weighted by molar-refractivity contribution is 7.89. The van der Waals surface area contributed by atoms with Crippen molar-refractivity contribution in [3.63, 3.8) is 0 Å². The maximum atomic E-state index is 14.5. The summed E-state index contributed by atoms with van der Waals surface area (Å²) < 4.78 is 95.2. The number of carbonyl (C=O) groups excluding carboxylic acids is 5. The summed E-state index contributed by atoms with van der Waals surface area (Å²) in [5, 5.41) is 5.32. The van der Waals surface area contributed by atoms with Crippen molar-refractivity contribution >= 4 is 39.9 Å². The van der Waals surface area contributed by atoms with Crippen LogP contribution >= 0.6 is 0 Å². The molecule has 0 aromatic heterocycles. The summed E-state index contributed by atoms with van der Waals surface area (Å²) >= 11 is 0. The van der Waals surface area contributed by atoms with E-state index in [1.54, 1.807) is 26.8 Å². The molecule has 1 aliphatic carbocycles. The molecule has 0 bridgehead atoms. The Morgan fingerprint density at radius 2 is 1.64 bits per heavy atom. The molecule has 2 aromatic rings. The zero-order chi connectivity index (χ0) is 42.9. The fraction of sp³-hybridized carbons (Fsp3) is 0.575. The molecule has 3 fully saturated rings. The second-order valence-corrected chi connectivity index (χ2v) is 18.5. The normalized spacial score (nSPS) is 25.3. The summed E-state index contributed by atoms with van der Waals surface area (Å²) in [6, 6.07) is 6.05. The lowest BCUT2D eigenvalue weighted by molar-refractivity contribution is -0.141. The SMILES string of the molecule is CC(C)(C)OC(=O)N[C@H]1CCCCCCC[C@H]2C[C@@]2(C(=O)NS(=O)(=O)Cc2ccccc2C(F)(F)F)NC(=O)[C@@H]2C[C@@H](OC(=O)N3Cc4cccc(F)c4C3)CN2C1=O. The molecule has 2 aromatic carbocycles. The number of amides is 5. The summed E-state index contributed by atoms with van der Waals surface area (Å²) in [5.74, 6) is -4.86. The van der Waals surface area contributed by atoms with Gasteiger partial charge in [0.1, 0.15) is 35.1 Å². The van der Waals surface area contributed by atoms with Crippen molar-refractivity contribution in [1.29, 1.82) is 0 Å². The topological polar surface area (TPSA) is 181 Å². The Balaban J connectivity index is 1.25. The van der Waals surface area contributed by atoms with Gasteiger partial charge in [-0.1, -0.05) is 62.4 Å². The van der Waals surface area contributed by atoms with Gasteiger partial charge in [0, 0.05) is 18.5 Å². The monoisotopic (exact) mass is 851 g/mol. The molecule has 0 unspecified atom stereocenters. The van der Waals surface area contributed by atoms with E-state index in [0.717, 1.165) is 29.5 Å². The smallest absolute Gasteiger partial charge is 0.416 e. The molecule has 1 saturated carbocycles. The molecule has 4 aliphatic rings. The van der Waals surface area contributed by atoms with Gasteiger partial charge in [-0.3, -0.25) is 24.0 Å². The van der Waals surface area contributed by atoms with E-state index >= 15 is 0 Å². The Labute approximate surface area is 339 Å². The Morgan fingerprint density at radius 1 is 0.949 bits per heavy atom. The van der Waals surface area contributed by atoms with Gasteiger partial charge in [0.05, 0.1) is 24.4 Å². The number of fused-ring (bicyclic) bond motifs is 3. The number of rotatable bonds is 6. The standard InChI is InChI=1S/C40H49F4N5O9S/c1-38(2,3)58-36(53)45-31-17-8-6-4-5-7-14-26-19-39(26,35(52)47-59(55,56)23-25-12-9-10-15-29(25)40(42,43)44)46-33(50)32-18-27(21-49(32)34(31)51)57-37(54)48-20-24-13-11-16-30(41)28(24)22-48/h9-13,15-16,26-27,31-32H,4-8,14,17-23H2,1-3H3,(H,45,53)(H,46,50)(H,47,52)/t26-,27+,31-,32-,39+/m0/s1. The predicted octanol–water partition coefficient (Wildman–Crippen LogP) is 5.42. The number of carbonyl (C=O) groups is 5. The second kappa shape index (κ2) is 17.0. The van der Waals surface area contributed by atoms with E-state index in [2.05, 4.69) is 10.6 Å². The van der Waals surface area contributed by atoms with Crippen LogP contribution in [0.3, 0.4) is 0 Å². The van der Waals surface area contributed by atoms with Crippen LogP contribution in [0.2, 0.25) is 0 Å². The van der Waals surface area contributed by atoms with Crippen LogP contribution in [-0.2, 0) is 58.9 Å². The van der Waals surface area contributed by atoms with E-state index in [0.29, 0.717) is 43.2 Å². The molecule has 14 nitrogen and oxygen atoms in total. The van der Waals surface area contributed by atoms with Crippen LogP contribution in [0, 0.1) is 11.7 Å². The van der Waals surface area contributed by atoms with E-state index < -0.39 is 104 Å². The van der Waals surface area contributed by atoms with E-state index in [1.807, 2.05) is 4.72 Å². The molecule has 5 amide bonds. The lowest BCUT2D eigenvalue weighted by atomic mass is 10.0. The van der Waals surface area contributed by atoms with Gasteiger partial charge >= 0.3 is 18.4 Å². The zero-order valence-electron chi connectivity index (χ0n) is 33.0. The van der Waals surface area contributed by atoms with Crippen LogP contribution in [0.25, 0.3) is 0 Å². The van der Waals surface area contributed by atoms with E-state index in [1.165, 1.54) is 23.1 Å². The van der Waals surface area contributed by atoms with Crippen LogP contribution in [0.15, 0.2) is 42.5 Å². The summed E-state index contributed by atoms with van der Waals surface area (Å²) in [5.41, 5.74) is -3.49. The first-order valence-corrected chi connectivity index (χ1v) is 21.3. The lowest BCUT2D eigenvalue weighted by Gasteiger charge is -2.30. The van der Waals surface area contributed by atoms with Gasteiger partial charge < -0.3 is 25.0 Å². The van der Waals surface area contributed by atoms with Gasteiger partial charge in [-0.15, -0.1) is 0 Å². The number of hydrogen-bond donors (Lipinski definition) is 3. The first kappa shape index (κ1) is 43.6. The average molecular weight is 852 g/mol. The third-order valence-corrected chi connectivity index (χ3v) is 12.3. The maximum Gasteiger partial charge on any atom is 0.416 e. The molecular formula is C40H49F4N5O9S. The average Bonchev–Trinajstić information content (AvgIpc) is 3.42. The molecule has 19 heteroatoms. The molecule has 5 atom stereocenters. The minimum Gasteiger partial charge on any atom is -0.444 e. The summed E-state index contributed by atoms with van der Waals surface area (Å²) in [6.45, 7) is 4.67. The molecule has 0 radical (unpaired) electrons. The van der Waals surface area contributed by atoms with Crippen molar-refractivity contribution < 1.29 is 59.4 Å². The molecule has 3 aliphatic heterocycles. The van der Waals surface area contributed by atoms with Crippen molar-refractivity contribution in [2.24, 2.45) is 5.92 Å². The minimum atomic E-state index is -4.86. The van der Waals surface area contributed by atoms with E-state index in [4.69, 9.17) is 9.47 Å². The van der Waals surface area contributed by atoms with Crippen LogP contribution in [-0.4, -0.2) is 84.0 Å². The molecule has 3 heterocycles. The van der Waals surface area contributed by atoms with Crippen molar-refractivity contribution in [1.82, 2.24) is 25.2 Å². The molecule has 0 spiro atoms. The van der Waals surface area contributed by atoms with Gasteiger partial charge in [0.25, 0.3) is 5.91 Å². The van der Waals surface area contributed by atoms with Crippen LogP contribution in [0.5, 0.6) is 0 Å². The van der Waals surface area contributed by atoms with Crippen molar-refractivity contribution in [3.05, 3.63) is 70.5 Å². The zero-order valence-corrected chi connectivity index (χ0v) is 33.8. The highest BCUT2D eigenvalue weighted by Gasteiger charge is 2.62. The Hall–Kier alpha value is -4.94. The first-order chi connectivity index (χ1) is 27.7. The van der Waals surface area contributed by atoms with Crippen molar-refractivity contribution in [2.75, 3.05) is 6.54 Å². The van der Waals surface area contributed by atoms with E-state index in [9.17, 15) is 50.0 Å². The quantitative estimate of drug-likeness (QED) is 0.320. The van der Waals surface area contributed by atoms with Gasteiger partial charge in [-0.25, -0.2) is 22.4 Å². The molecule has 6 rings (SSSR count). The van der Waals surface area contributed by atoms with Crippen LogP contribution < -0.4 is 15.4 Å². The summed E-state index contributed by atoms with van der Waals surface area (Å²) in [4.78, 5) is 71.5. The number of hydrogen-bond acceptors (Lipinski definition) is 9. The third kappa shape index (κ3) is 10.4. The fourth-order valence-corrected chi connectivity index (χ4v) is 9.34. The van der Waals surface area contributed by atoms with Gasteiger partial charge in [-0.05, 0) is 69.2 Å².